The standard InChI is InChI=1S/C23H34N4O2S/c1-14(2)19(24-18(28)12-16(4)13-23(5,6)7)20(29)25-22-27-26-21(30-22)17-10-8-9-15(3)11-17/h8-11,14,16,19H,12-13H2,1-7H3,(H,24,28)(H,25,27,29)/t16-,19-/m1/s1. The summed E-state index contributed by atoms with van der Waals surface area (Å²) in [6.07, 6.45) is 1.36. The molecule has 2 rings (SSSR count). The molecule has 2 atom stereocenters. The maximum atomic E-state index is 12.8. The molecule has 30 heavy (non-hydrogen) atoms. The van der Waals surface area contributed by atoms with Crippen molar-refractivity contribution < 1.29 is 9.59 Å². The van der Waals surface area contributed by atoms with E-state index in [2.05, 4.69) is 48.5 Å². The minimum Gasteiger partial charge on any atom is -0.344 e. The van der Waals surface area contributed by atoms with E-state index in [1.165, 1.54) is 11.3 Å². The van der Waals surface area contributed by atoms with Crippen LogP contribution in [0.25, 0.3) is 10.6 Å². The number of aryl methyl sites for hydroxylation is 1. The molecule has 0 saturated carbocycles. The molecule has 0 spiro atoms. The second kappa shape index (κ2) is 10.2. The molecule has 0 unspecified atom stereocenters. The van der Waals surface area contributed by atoms with Gasteiger partial charge in [-0.25, -0.2) is 0 Å². The zero-order chi connectivity index (χ0) is 22.5. The number of anilines is 1. The van der Waals surface area contributed by atoms with Gasteiger partial charge >= 0.3 is 0 Å². The van der Waals surface area contributed by atoms with Gasteiger partial charge in [0.25, 0.3) is 0 Å². The Hall–Kier alpha value is -2.28. The van der Waals surface area contributed by atoms with Crippen LogP contribution in [-0.4, -0.2) is 28.1 Å². The Morgan fingerprint density at radius 3 is 2.43 bits per heavy atom. The molecule has 2 aromatic rings. The predicted molar refractivity (Wildman–Crippen MR) is 123 cm³/mol. The lowest BCUT2D eigenvalue weighted by Crippen LogP contribution is -2.47. The third-order valence-corrected chi connectivity index (χ3v) is 5.57. The highest BCUT2D eigenvalue weighted by molar-refractivity contribution is 7.18. The highest BCUT2D eigenvalue weighted by Crippen LogP contribution is 2.27. The second-order valence-corrected chi connectivity index (χ2v) is 10.6. The molecule has 6 nitrogen and oxygen atoms in total. The van der Waals surface area contributed by atoms with E-state index in [0.29, 0.717) is 11.6 Å². The Balaban J connectivity index is 2.00. The summed E-state index contributed by atoms with van der Waals surface area (Å²) in [5, 5.41) is 15.2. The molecule has 0 aliphatic rings. The van der Waals surface area contributed by atoms with Crippen LogP contribution >= 0.6 is 11.3 Å². The Morgan fingerprint density at radius 2 is 1.83 bits per heavy atom. The third kappa shape index (κ3) is 7.52. The van der Waals surface area contributed by atoms with Crippen molar-refractivity contribution in [3.8, 4) is 10.6 Å². The second-order valence-electron chi connectivity index (χ2n) is 9.63. The summed E-state index contributed by atoms with van der Waals surface area (Å²) in [5.41, 5.74) is 2.27. The van der Waals surface area contributed by atoms with E-state index >= 15 is 0 Å². The van der Waals surface area contributed by atoms with Crippen LogP contribution in [0.15, 0.2) is 24.3 Å². The van der Waals surface area contributed by atoms with Gasteiger partial charge in [-0.1, -0.05) is 76.6 Å². The molecule has 7 heteroatoms. The summed E-state index contributed by atoms with van der Waals surface area (Å²) in [6, 6.07) is 7.36. The minimum absolute atomic E-state index is 0.0453. The summed E-state index contributed by atoms with van der Waals surface area (Å²) in [4.78, 5) is 25.3. The molecule has 0 fully saturated rings. The van der Waals surface area contributed by atoms with E-state index in [1.54, 1.807) is 0 Å². The van der Waals surface area contributed by atoms with Crippen LogP contribution < -0.4 is 10.6 Å². The van der Waals surface area contributed by atoms with Gasteiger partial charge in [0.05, 0.1) is 0 Å². The van der Waals surface area contributed by atoms with Gasteiger partial charge < -0.3 is 5.32 Å². The molecule has 0 aliphatic carbocycles. The maximum Gasteiger partial charge on any atom is 0.249 e. The number of nitrogens with zero attached hydrogens (tertiary/aromatic N) is 2. The lowest BCUT2D eigenvalue weighted by atomic mass is 9.84. The molecule has 1 heterocycles. The Kier molecular flexibility index (Phi) is 8.12. The first-order valence-electron chi connectivity index (χ1n) is 10.5. The normalized spacial score (nSPS) is 13.7. The fourth-order valence-corrected chi connectivity index (χ4v) is 4.30. The fourth-order valence-electron chi connectivity index (χ4n) is 3.55. The number of hydrogen-bond acceptors (Lipinski definition) is 5. The summed E-state index contributed by atoms with van der Waals surface area (Å²) in [7, 11) is 0. The van der Waals surface area contributed by atoms with E-state index < -0.39 is 6.04 Å². The number of aromatic nitrogens is 2. The van der Waals surface area contributed by atoms with E-state index in [4.69, 9.17) is 0 Å². The van der Waals surface area contributed by atoms with Crippen LogP contribution in [0.3, 0.4) is 0 Å². The largest absolute Gasteiger partial charge is 0.344 e. The van der Waals surface area contributed by atoms with Gasteiger partial charge in [0, 0.05) is 12.0 Å². The van der Waals surface area contributed by atoms with Crippen molar-refractivity contribution in [2.45, 2.75) is 67.3 Å². The highest BCUT2D eigenvalue weighted by atomic mass is 32.1. The van der Waals surface area contributed by atoms with Crippen LogP contribution in [0.4, 0.5) is 5.13 Å². The van der Waals surface area contributed by atoms with Gasteiger partial charge in [0.1, 0.15) is 11.0 Å². The van der Waals surface area contributed by atoms with Crippen LogP contribution in [0.1, 0.15) is 59.9 Å². The number of nitrogens with one attached hydrogen (secondary N) is 2. The first kappa shape index (κ1) is 24.0. The Bertz CT molecular complexity index is 870. The summed E-state index contributed by atoms with van der Waals surface area (Å²) in [6.45, 7) is 14.4. The smallest absolute Gasteiger partial charge is 0.249 e. The molecule has 1 aromatic heterocycles. The number of rotatable bonds is 8. The Labute approximate surface area is 183 Å². The van der Waals surface area contributed by atoms with Crippen molar-refractivity contribution in [3.05, 3.63) is 29.8 Å². The topological polar surface area (TPSA) is 84.0 Å². The zero-order valence-electron chi connectivity index (χ0n) is 19.1. The molecule has 0 radical (unpaired) electrons. The molecular weight excluding hydrogens is 396 g/mol. The molecular formula is C23H34N4O2S. The van der Waals surface area contributed by atoms with Crippen molar-refractivity contribution >= 4 is 28.3 Å². The summed E-state index contributed by atoms with van der Waals surface area (Å²) in [5.74, 6) is -0.163. The van der Waals surface area contributed by atoms with Crippen LogP contribution in [-0.2, 0) is 9.59 Å². The first-order valence-corrected chi connectivity index (χ1v) is 11.3. The molecule has 0 aliphatic heterocycles. The number of carbonyl (C=O) groups excluding carboxylic acids is 2. The van der Waals surface area contributed by atoms with Crippen molar-refractivity contribution in [1.82, 2.24) is 15.5 Å². The van der Waals surface area contributed by atoms with Crippen molar-refractivity contribution in [2.24, 2.45) is 17.3 Å². The average Bonchev–Trinajstić information content (AvgIpc) is 3.06. The quantitative estimate of drug-likeness (QED) is 0.613. The van der Waals surface area contributed by atoms with Crippen molar-refractivity contribution in [1.29, 1.82) is 0 Å². The lowest BCUT2D eigenvalue weighted by molar-refractivity contribution is -0.128. The summed E-state index contributed by atoms with van der Waals surface area (Å²) >= 11 is 1.32. The van der Waals surface area contributed by atoms with Gasteiger partial charge in [-0.15, -0.1) is 10.2 Å². The first-order chi connectivity index (χ1) is 13.9. The Morgan fingerprint density at radius 1 is 1.13 bits per heavy atom. The molecule has 164 valence electrons. The minimum atomic E-state index is -0.620. The SMILES string of the molecule is Cc1cccc(-c2nnc(NC(=O)[C@H](NC(=O)C[C@@H](C)CC(C)(C)C)C(C)C)s2)c1. The number of benzene rings is 1. The van der Waals surface area contributed by atoms with Crippen LogP contribution in [0.2, 0.25) is 0 Å². The van der Waals surface area contributed by atoms with Gasteiger partial charge in [-0.05, 0) is 36.7 Å². The van der Waals surface area contributed by atoms with E-state index in [0.717, 1.165) is 22.6 Å². The zero-order valence-corrected chi connectivity index (χ0v) is 19.9. The molecule has 0 bridgehead atoms. The number of carbonyl (C=O) groups is 2. The molecule has 2 amide bonds. The molecule has 0 saturated heterocycles. The molecule has 1 aromatic carbocycles. The van der Waals surface area contributed by atoms with Gasteiger partial charge in [-0.2, -0.15) is 0 Å². The van der Waals surface area contributed by atoms with E-state index in [-0.39, 0.29) is 29.1 Å². The summed E-state index contributed by atoms with van der Waals surface area (Å²) < 4.78 is 0. The van der Waals surface area contributed by atoms with Gasteiger partial charge in [0.2, 0.25) is 16.9 Å². The average molecular weight is 431 g/mol. The monoisotopic (exact) mass is 430 g/mol. The maximum absolute atomic E-state index is 12.8. The van der Waals surface area contributed by atoms with Crippen molar-refractivity contribution in [3.63, 3.8) is 0 Å². The van der Waals surface area contributed by atoms with Crippen LogP contribution in [0.5, 0.6) is 0 Å². The fraction of sp³-hybridized carbons (Fsp3) is 0.565. The predicted octanol–water partition coefficient (Wildman–Crippen LogP) is 5.06. The number of hydrogen-bond donors (Lipinski definition) is 2. The highest BCUT2D eigenvalue weighted by Gasteiger charge is 2.26. The molecule has 2 N–H and O–H groups in total. The van der Waals surface area contributed by atoms with Crippen LogP contribution in [0, 0.1) is 24.2 Å². The van der Waals surface area contributed by atoms with Crippen molar-refractivity contribution in [2.75, 3.05) is 5.32 Å². The lowest BCUT2D eigenvalue weighted by Gasteiger charge is -2.25. The number of amides is 2. The van der Waals surface area contributed by atoms with E-state index in [1.807, 2.05) is 45.0 Å². The third-order valence-electron chi connectivity index (χ3n) is 4.68. The van der Waals surface area contributed by atoms with Gasteiger partial charge in [-0.3, -0.25) is 14.9 Å². The van der Waals surface area contributed by atoms with Gasteiger partial charge in [0.15, 0.2) is 0 Å². The van der Waals surface area contributed by atoms with E-state index in [9.17, 15) is 9.59 Å².